The molecule has 0 unspecified atom stereocenters. The van der Waals surface area contributed by atoms with Crippen molar-refractivity contribution in [3.05, 3.63) is 97.2 Å². The van der Waals surface area contributed by atoms with Gasteiger partial charge in [-0.15, -0.1) is 0 Å². The highest BCUT2D eigenvalue weighted by atomic mass is 16.6. The lowest BCUT2D eigenvalue weighted by atomic mass is 10.1. The van der Waals surface area contributed by atoms with Gasteiger partial charge in [0.15, 0.2) is 6.10 Å². The van der Waals surface area contributed by atoms with Crippen molar-refractivity contribution in [1.29, 1.82) is 0 Å². The minimum Gasteiger partial charge on any atom is -0.462 e. The molecule has 0 radical (unpaired) electrons. The molecule has 6 nitrogen and oxygen atoms in total. The zero-order chi connectivity index (χ0) is 44.4. The molecule has 0 rings (SSSR count). The number of hydrogen-bond acceptors (Lipinski definition) is 6. The van der Waals surface area contributed by atoms with Crippen LogP contribution >= 0.6 is 0 Å². The van der Waals surface area contributed by atoms with E-state index in [0.29, 0.717) is 19.3 Å². The molecule has 0 aromatic heterocycles. The normalized spacial score (nSPS) is 12.9. The molecule has 6 heteroatoms. The molecule has 0 N–H and O–H groups in total. The first kappa shape index (κ1) is 57.3. The number of hydrogen-bond donors (Lipinski definition) is 0. The monoisotopic (exact) mass is 847 g/mol. The highest BCUT2D eigenvalue weighted by Crippen LogP contribution is 2.12. The summed E-state index contributed by atoms with van der Waals surface area (Å²) in [4.78, 5) is 37.8. The Hall–Kier alpha value is -3.67. The summed E-state index contributed by atoms with van der Waals surface area (Å²) in [5.41, 5.74) is 0. The Kier molecular flexibility index (Phi) is 46.0. The van der Waals surface area contributed by atoms with Gasteiger partial charge < -0.3 is 14.2 Å². The summed E-state index contributed by atoms with van der Waals surface area (Å²) in [5, 5.41) is 0. The number of allylic oxidation sites excluding steroid dienone is 16. The smallest absolute Gasteiger partial charge is 0.306 e. The Morgan fingerprint density at radius 3 is 1.08 bits per heavy atom. The third-order valence-corrected chi connectivity index (χ3v) is 10.0. The minimum absolute atomic E-state index is 0.119. The summed E-state index contributed by atoms with van der Waals surface area (Å²) in [6.07, 6.45) is 63.9. The van der Waals surface area contributed by atoms with Crippen LogP contribution in [0.2, 0.25) is 0 Å². The molecule has 0 spiro atoms. The molecule has 1 atom stereocenters. The maximum atomic E-state index is 12.7. The van der Waals surface area contributed by atoms with Crippen LogP contribution in [0.5, 0.6) is 0 Å². The van der Waals surface area contributed by atoms with Crippen LogP contribution in [0.25, 0.3) is 0 Å². The summed E-state index contributed by atoms with van der Waals surface area (Å²) in [7, 11) is 0. The molecule has 61 heavy (non-hydrogen) atoms. The van der Waals surface area contributed by atoms with Crippen LogP contribution < -0.4 is 0 Å². The van der Waals surface area contributed by atoms with Crippen molar-refractivity contribution in [2.24, 2.45) is 0 Å². The Labute approximate surface area is 375 Å². The van der Waals surface area contributed by atoms with Crippen molar-refractivity contribution in [2.75, 3.05) is 13.2 Å². The van der Waals surface area contributed by atoms with Gasteiger partial charge in [0, 0.05) is 19.3 Å². The number of esters is 3. The standard InChI is InChI=1S/C55H90O6/c1-4-7-10-13-16-19-22-24-26-27-29-31-34-36-39-42-45-48-54(57)60-51-52(61-55(58)49-46-43-40-37-32-21-18-15-12-9-6-3)50-59-53(56)47-44-41-38-35-33-30-28-25-23-20-17-14-11-8-5-2/h15-20,24-26,28-29,31,33,35-36,39,52H,4-14,21-23,27,30,32,34,37-38,40-51H2,1-3H3/b18-15-,19-16-,20-17-,26-24-,28-25-,31-29-,35-33-,39-36-/t52-/m0/s1. The molecule has 0 saturated heterocycles. The summed E-state index contributed by atoms with van der Waals surface area (Å²) < 4.78 is 16.7. The maximum absolute atomic E-state index is 12.7. The van der Waals surface area contributed by atoms with Gasteiger partial charge in [0.05, 0.1) is 0 Å². The lowest BCUT2D eigenvalue weighted by Gasteiger charge is -2.18. The van der Waals surface area contributed by atoms with Crippen LogP contribution in [-0.4, -0.2) is 37.2 Å². The molecule has 0 aliphatic carbocycles. The second-order valence-corrected chi connectivity index (χ2v) is 16.0. The highest BCUT2D eigenvalue weighted by molar-refractivity contribution is 5.71. The van der Waals surface area contributed by atoms with Crippen LogP contribution in [0, 0.1) is 0 Å². The van der Waals surface area contributed by atoms with Gasteiger partial charge in [-0.2, -0.15) is 0 Å². The van der Waals surface area contributed by atoms with Gasteiger partial charge in [-0.3, -0.25) is 14.4 Å². The number of carbonyl (C=O) groups excluding carboxylic acids is 3. The summed E-state index contributed by atoms with van der Waals surface area (Å²) in [6, 6.07) is 0. The molecule has 0 aromatic rings. The predicted molar refractivity (Wildman–Crippen MR) is 260 cm³/mol. The molecule has 0 bridgehead atoms. The third-order valence-electron chi connectivity index (χ3n) is 10.0. The Morgan fingerprint density at radius 2 is 0.623 bits per heavy atom. The second-order valence-electron chi connectivity index (χ2n) is 16.0. The van der Waals surface area contributed by atoms with E-state index in [0.717, 1.165) is 89.9 Å². The van der Waals surface area contributed by atoms with E-state index in [1.54, 1.807) is 0 Å². The van der Waals surface area contributed by atoms with Crippen LogP contribution in [-0.2, 0) is 28.6 Å². The zero-order valence-corrected chi connectivity index (χ0v) is 39.4. The number of carbonyl (C=O) groups is 3. The van der Waals surface area contributed by atoms with Gasteiger partial charge in [-0.1, -0.05) is 176 Å². The fourth-order valence-electron chi connectivity index (χ4n) is 6.24. The zero-order valence-electron chi connectivity index (χ0n) is 39.4. The SMILES string of the molecule is CCCC/C=C\CCCCCCCC(=O)O[C@H](COC(=O)CCC/C=C\C/C=C\C/C=C\C/C=C\CCCCC)COC(=O)CCCC/C=C\C/C=C\C/C=C\CCCCC. The number of ether oxygens (including phenoxy) is 3. The van der Waals surface area contributed by atoms with Gasteiger partial charge in [-0.25, -0.2) is 0 Å². The van der Waals surface area contributed by atoms with E-state index in [1.165, 1.54) is 77.0 Å². The largest absolute Gasteiger partial charge is 0.462 e. The minimum atomic E-state index is -0.819. The van der Waals surface area contributed by atoms with Gasteiger partial charge in [0.25, 0.3) is 0 Å². The Morgan fingerprint density at radius 1 is 0.328 bits per heavy atom. The van der Waals surface area contributed by atoms with Gasteiger partial charge in [0.1, 0.15) is 13.2 Å². The molecule has 0 amide bonds. The van der Waals surface area contributed by atoms with E-state index in [9.17, 15) is 14.4 Å². The number of rotatable bonds is 43. The van der Waals surface area contributed by atoms with Crippen molar-refractivity contribution in [3.8, 4) is 0 Å². The van der Waals surface area contributed by atoms with E-state index in [4.69, 9.17) is 14.2 Å². The van der Waals surface area contributed by atoms with E-state index in [1.807, 2.05) is 0 Å². The molecule has 0 saturated carbocycles. The van der Waals surface area contributed by atoms with Crippen molar-refractivity contribution in [1.82, 2.24) is 0 Å². The quantitative estimate of drug-likeness (QED) is 0.0263. The summed E-state index contributed by atoms with van der Waals surface area (Å²) in [5.74, 6) is -1.03. The first-order chi connectivity index (χ1) is 30.0. The summed E-state index contributed by atoms with van der Waals surface area (Å²) in [6.45, 7) is 6.43. The lowest BCUT2D eigenvalue weighted by molar-refractivity contribution is -0.167. The van der Waals surface area contributed by atoms with Crippen molar-refractivity contribution in [2.45, 2.75) is 219 Å². The fraction of sp³-hybridized carbons (Fsp3) is 0.655. The molecule has 0 fully saturated rings. The van der Waals surface area contributed by atoms with Crippen LogP contribution in [0.3, 0.4) is 0 Å². The molecular weight excluding hydrogens is 757 g/mol. The predicted octanol–water partition coefficient (Wildman–Crippen LogP) is 16.2. The van der Waals surface area contributed by atoms with Gasteiger partial charge in [0.2, 0.25) is 0 Å². The van der Waals surface area contributed by atoms with E-state index in [2.05, 4.69) is 118 Å². The molecular formula is C55H90O6. The van der Waals surface area contributed by atoms with Crippen LogP contribution in [0.15, 0.2) is 97.2 Å². The average molecular weight is 847 g/mol. The van der Waals surface area contributed by atoms with E-state index in [-0.39, 0.29) is 37.5 Å². The van der Waals surface area contributed by atoms with Crippen molar-refractivity contribution in [3.63, 3.8) is 0 Å². The van der Waals surface area contributed by atoms with Crippen LogP contribution in [0.4, 0.5) is 0 Å². The average Bonchev–Trinajstić information content (AvgIpc) is 3.26. The van der Waals surface area contributed by atoms with Gasteiger partial charge in [-0.05, 0) is 116 Å². The topological polar surface area (TPSA) is 78.9 Å². The first-order valence-electron chi connectivity index (χ1n) is 24.7. The first-order valence-corrected chi connectivity index (χ1v) is 24.7. The molecule has 0 aliphatic rings. The second kappa shape index (κ2) is 49.0. The summed E-state index contributed by atoms with van der Waals surface area (Å²) >= 11 is 0. The third kappa shape index (κ3) is 47.2. The number of unbranched alkanes of at least 4 members (excludes halogenated alkanes) is 16. The van der Waals surface area contributed by atoms with E-state index >= 15 is 0 Å². The lowest BCUT2D eigenvalue weighted by Crippen LogP contribution is -2.30. The molecule has 0 heterocycles. The fourth-order valence-corrected chi connectivity index (χ4v) is 6.24. The Balaban J connectivity index is 4.53. The van der Waals surface area contributed by atoms with Gasteiger partial charge >= 0.3 is 17.9 Å². The van der Waals surface area contributed by atoms with Crippen LogP contribution in [0.1, 0.15) is 213 Å². The Bertz CT molecular complexity index is 1250. The van der Waals surface area contributed by atoms with Crippen molar-refractivity contribution >= 4 is 17.9 Å². The molecule has 346 valence electrons. The van der Waals surface area contributed by atoms with Crippen molar-refractivity contribution < 1.29 is 28.6 Å². The van der Waals surface area contributed by atoms with E-state index < -0.39 is 6.10 Å². The molecule has 0 aliphatic heterocycles. The maximum Gasteiger partial charge on any atom is 0.306 e. The highest BCUT2D eigenvalue weighted by Gasteiger charge is 2.19. The molecule has 0 aromatic carbocycles.